The van der Waals surface area contributed by atoms with Gasteiger partial charge < -0.3 is 5.32 Å². The minimum Gasteiger partial charge on any atom is -0.308 e. The standard InChI is InChI=1S/C23H47N.BrH/c1-5-7-8-9-10-11-12-13-14-15-16-17-18-19-20-21-22-24-23(3,4)6-2;/h6,24H,2,5,7-22H2,1,3-4H3;1H. The summed E-state index contributed by atoms with van der Waals surface area (Å²) in [5.41, 5.74) is 0.0928. The maximum absolute atomic E-state index is 3.86. The molecule has 1 nitrogen and oxygen atoms in total. The number of hydrogen-bond donors (Lipinski definition) is 1. The van der Waals surface area contributed by atoms with Gasteiger partial charge in [0, 0.05) is 5.54 Å². The zero-order chi connectivity index (χ0) is 17.9. The van der Waals surface area contributed by atoms with Crippen molar-refractivity contribution in [3.8, 4) is 0 Å². The molecule has 25 heavy (non-hydrogen) atoms. The van der Waals surface area contributed by atoms with E-state index < -0.39 is 0 Å². The van der Waals surface area contributed by atoms with Gasteiger partial charge in [0.25, 0.3) is 0 Å². The third-order valence-corrected chi connectivity index (χ3v) is 5.12. The Balaban J connectivity index is 0. The van der Waals surface area contributed by atoms with E-state index in [0.29, 0.717) is 0 Å². The maximum Gasteiger partial charge on any atom is 0.0304 e. The summed E-state index contributed by atoms with van der Waals surface area (Å²) in [6.45, 7) is 11.7. The predicted octanol–water partition coefficient (Wildman–Crippen LogP) is 8.38. The molecule has 0 saturated heterocycles. The lowest BCUT2D eigenvalue weighted by molar-refractivity contribution is 0.456. The van der Waals surface area contributed by atoms with Crippen molar-refractivity contribution in [2.24, 2.45) is 0 Å². The van der Waals surface area contributed by atoms with Gasteiger partial charge >= 0.3 is 0 Å². The van der Waals surface area contributed by atoms with Crippen LogP contribution in [0.15, 0.2) is 12.7 Å². The van der Waals surface area contributed by atoms with Gasteiger partial charge in [0.15, 0.2) is 0 Å². The van der Waals surface area contributed by atoms with Gasteiger partial charge in [-0.2, -0.15) is 0 Å². The number of hydrogen-bond acceptors (Lipinski definition) is 1. The summed E-state index contributed by atoms with van der Waals surface area (Å²) in [6.07, 6.45) is 25.0. The van der Waals surface area contributed by atoms with Gasteiger partial charge in [-0.3, -0.25) is 0 Å². The lowest BCUT2D eigenvalue weighted by Gasteiger charge is -2.21. The van der Waals surface area contributed by atoms with Crippen LogP contribution in [-0.4, -0.2) is 12.1 Å². The van der Waals surface area contributed by atoms with Gasteiger partial charge in [0.05, 0.1) is 0 Å². The zero-order valence-corrected chi connectivity index (χ0v) is 19.4. The van der Waals surface area contributed by atoms with Crippen molar-refractivity contribution in [2.45, 2.75) is 129 Å². The summed E-state index contributed by atoms with van der Waals surface area (Å²) in [5.74, 6) is 0. The van der Waals surface area contributed by atoms with Crippen LogP contribution in [0.25, 0.3) is 0 Å². The average Bonchev–Trinajstić information content (AvgIpc) is 2.57. The van der Waals surface area contributed by atoms with Gasteiger partial charge in [-0.1, -0.05) is 109 Å². The van der Waals surface area contributed by atoms with Crippen molar-refractivity contribution in [2.75, 3.05) is 6.54 Å². The Morgan fingerprint density at radius 2 is 0.960 bits per heavy atom. The Kier molecular flexibility index (Phi) is 22.5. The van der Waals surface area contributed by atoms with Crippen LogP contribution >= 0.6 is 17.0 Å². The molecule has 0 aliphatic heterocycles. The van der Waals surface area contributed by atoms with Gasteiger partial charge in [0.1, 0.15) is 0 Å². The predicted molar refractivity (Wildman–Crippen MR) is 122 cm³/mol. The zero-order valence-electron chi connectivity index (χ0n) is 17.7. The summed E-state index contributed by atoms with van der Waals surface area (Å²) in [4.78, 5) is 0. The van der Waals surface area contributed by atoms with E-state index in [2.05, 4.69) is 32.7 Å². The van der Waals surface area contributed by atoms with E-state index in [-0.39, 0.29) is 22.5 Å². The largest absolute Gasteiger partial charge is 0.308 e. The van der Waals surface area contributed by atoms with Crippen LogP contribution in [-0.2, 0) is 0 Å². The molecule has 0 saturated carbocycles. The highest BCUT2D eigenvalue weighted by molar-refractivity contribution is 8.93. The minimum atomic E-state index is 0. The Morgan fingerprint density at radius 3 is 1.28 bits per heavy atom. The monoisotopic (exact) mass is 417 g/mol. The van der Waals surface area contributed by atoms with Crippen molar-refractivity contribution in [1.29, 1.82) is 0 Å². The van der Waals surface area contributed by atoms with Crippen LogP contribution in [0.4, 0.5) is 0 Å². The van der Waals surface area contributed by atoms with Gasteiger partial charge in [-0.05, 0) is 26.8 Å². The Morgan fingerprint density at radius 1 is 0.640 bits per heavy atom. The first-order valence-corrected chi connectivity index (χ1v) is 11.0. The molecule has 152 valence electrons. The molecule has 0 spiro atoms. The summed E-state index contributed by atoms with van der Waals surface area (Å²) in [6, 6.07) is 0. The molecule has 1 N–H and O–H groups in total. The lowest BCUT2D eigenvalue weighted by Crippen LogP contribution is -2.37. The molecule has 0 aliphatic carbocycles. The van der Waals surface area contributed by atoms with Crippen molar-refractivity contribution in [1.82, 2.24) is 5.32 Å². The highest BCUT2D eigenvalue weighted by atomic mass is 79.9. The van der Waals surface area contributed by atoms with Crippen molar-refractivity contribution < 1.29 is 0 Å². The maximum atomic E-state index is 3.86. The summed E-state index contributed by atoms with van der Waals surface area (Å²) in [5, 5.41) is 3.54. The quantitative estimate of drug-likeness (QED) is 0.164. The van der Waals surface area contributed by atoms with E-state index in [4.69, 9.17) is 0 Å². The first-order chi connectivity index (χ1) is 11.6. The van der Waals surface area contributed by atoms with Crippen LogP contribution in [0.1, 0.15) is 124 Å². The van der Waals surface area contributed by atoms with Crippen molar-refractivity contribution in [3.05, 3.63) is 12.7 Å². The molecule has 0 aromatic heterocycles. The second kappa shape index (κ2) is 20.5. The number of nitrogens with one attached hydrogen (secondary N) is 1. The van der Waals surface area contributed by atoms with Crippen LogP contribution < -0.4 is 5.32 Å². The van der Waals surface area contributed by atoms with E-state index in [1.807, 2.05) is 6.08 Å². The van der Waals surface area contributed by atoms with Crippen molar-refractivity contribution in [3.63, 3.8) is 0 Å². The topological polar surface area (TPSA) is 12.0 Å². The summed E-state index contributed by atoms with van der Waals surface area (Å²) < 4.78 is 0. The third-order valence-electron chi connectivity index (χ3n) is 5.12. The highest BCUT2D eigenvalue weighted by Crippen LogP contribution is 2.13. The number of halogens is 1. The molecule has 0 unspecified atom stereocenters. The molecule has 2 heteroatoms. The van der Waals surface area contributed by atoms with Crippen LogP contribution in [0.3, 0.4) is 0 Å². The number of unbranched alkanes of at least 4 members (excludes halogenated alkanes) is 15. The molecular weight excluding hydrogens is 370 g/mol. The fourth-order valence-electron chi connectivity index (χ4n) is 3.16. The Labute approximate surface area is 170 Å². The summed E-state index contributed by atoms with van der Waals surface area (Å²) in [7, 11) is 0. The molecular formula is C23H48BrN. The Hall–Kier alpha value is 0.180. The molecule has 0 atom stereocenters. The first kappa shape index (κ1) is 27.4. The lowest BCUT2D eigenvalue weighted by atomic mass is 10.0. The molecule has 0 amide bonds. The molecule has 0 aromatic rings. The van der Waals surface area contributed by atoms with Crippen molar-refractivity contribution >= 4 is 17.0 Å². The van der Waals surface area contributed by atoms with Gasteiger partial charge in [0.2, 0.25) is 0 Å². The average molecular weight is 419 g/mol. The van der Waals surface area contributed by atoms with E-state index in [9.17, 15) is 0 Å². The minimum absolute atomic E-state index is 0. The summed E-state index contributed by atoms with van der Waals surface area (Å²) >= 11 is 0. The Bertz CT molecular complexity index is 263. The highest BCUT2D eigenvalue weighted by Gasteiger charge is 2.09. The smallest absolute Gasteiger partial charge is 0.0304 e. The van der Waals surface area contributed by atoms with Crippen LogP contribution in [0.5, 0.6) is 0 Å². The molecule has 0 bridgehead atoms. The molecule has 0 fully saturated rings. The van der Waals surface area contributed by atoms with E-state index in [1.165, 1.54) is 103 Å². The molecule has 0 aromatic carbocycles. The molecule has 0 heterocycles. The molecule has 0 radical (unpaired) electrons. The third kappa shape index (κ3) is 22.1. The van der Waals surface area contributed by atoms with Gasteiger partial charge in [-0.25, -0.2) is 0 Å². The SMILES string of the molecule is Br.C=CC(C)(C)NCCCCCCCCCCCCCCCCCC. The fraction of sp³-hybridized carbons (Fsp3) is 0.913. The van der Waals surface area contributed by atoms with Crippen LogP contribution in [0.2, 0.25) is 0 Å². The van der Waals surface area contributed by atoms with E-state index >= 15 is 0 Å². The second-order valence-electron chi connectivity index (χ2n) is 8.16. The molecule has 0 rings (SSSR count). The normalized spacial score (nSPS) is 11.3. The number of rotatable bonds is 19. The van der Waals surface area contributed by atoms with E-state index in [1.54, 1.807) is 0 Å². The fourth-order valence-corrected chi connectivity index (χ4v) is 3.16. The van der Waals surface area contributed by atoms with Gasteiger partial charge in [-0.15, -0.1) is 23.6 Å². The van der Waals surface area contributed by atoms with E-state index in [0.717, 1.165) is 6.54 Å². The molecule has 0 aliphatic rings. The van der Waals surface area contributed by atoms with Crippen LogP contribution in [0, 0.1) is 0 Å². The second-order valence-corrected chi connectivity index (χ2v) is 8.16. The first-order valence-electron chi connectivity index (χ1n) is 11.0.